The second-order valence-electron chi connectivity index (χ2n) is 7.98. The Labute approximate surface area is 183 Å². The van der Waals surface area contributed by atoms with Gasteiger partial charge in [-0.3, -0.25) is 9.59 Å². The second kappa shape index (κ2) is 8.68. The third kappa shape index (κ3) is 3.96. The van der Waals surface area contributed by atoms with Gasteiger partial charge in [0.05, 0.1) is 36.7 Å². The lowest BCUT2D eigenvalue weighted by Gasteiger charge is -2.34. The van der Waals surface area contributed by atoms with Crippen molar-refractivity contribution < 1.29 is 33.3 Å². The molecule has 0 spiro atoms. The van der Waals surface area contributed by atoms with Gasteiger partial charge in [0.15, 0.2) is 17.3 Å². The summed E-state index contributed by atoms with van der Waals surface area (Å²) >= 11 is 0. The largest absolute Gasteiger partial charge is 0.511 e. The lowest BCUT2D eigenvalue weighted by atomic mass is 9.96. The Morgan fingerprint density at radius 3 is 2.47 bits per heavy atom. The molecule has 4 rings (SSSR count). The van der Waals surface area contributed by atoms with Crippen LogP contribution < -0.4 is 19.8 Å². The van der Waals surface area contributed by atoms with E-state index in [2.05, 4.69) is 4.74 Å². The predicted octanol–water partition coefficient (Wildman–Crippen LogP) is 3.32. The van der Waals surface area contributed by atoms with Crippen molar-refractivity contribution in [3.05, 3.63) is 28.3 Å². The summed E-state index contributed by atoms with van der Waals surface area (Å²) in [5, 5.41) is 8.96. The number of methoxy groups -OCH3 is 1. The topological polar surface area (TPSA) is 107 Å². The summed E-state index contributed by atoms with van der Waals surface area (Å²) in [6.45, 7) is 2.93. The maximum Gasteiger partial charge on any atom is 0.511 e. The molecule has 0 bridgehead atoms. The molecule has 0 radical (unpaired) electrons. The lowest BCUT2D eigenvalue weighted by molar-refractivity contribution is -0.148. The van der Waals surface area contributed by atoms with Gasteiger partial charge in [-0.15, -0.1) is 0 Å². The third-order valence-corrected chi connectivity index (χ3v) is 5.94. The first-order valence-corrected chi connectivity index (χ1v) is 10.6. The highest BCUT2D eigenvalue weighted by Crippen LogP contribution is 2.44. The number of carbonyl (C=O) groups excluding carboxylic acids is 1. The van der Waals surface area contributed by atoms with Gasteiger partial charge in [0.2, 0.25) is 5.43 Å². The maximum atomic E-state index is 15.3. The van der Waals surface area contributed by atoms with Crippen LogP contribution in [0.4, 0.5) is 14.9 Å². The van der Waals surface area contributed by atoms with E-state index in [0.29, 0.717) is 38.1 Å². The number of aromatic nitrogens is 1. The molecular formula is C22H25FN2O7. The minimum Gasteiger partial charge on any atom is -0.492 e. The molecule has 10 heteroatoms. The number of hydrogen-bond donors (Lipinski definition) is 1. The van der Waals surface area contributed by atoms with Crippen LogP contribution in [0.3, 0.4) is 0 Å². The molecule has 2 aliphatic rings. The number of ether oxygens (including phenoxy) is 3. The first-order chi connectivity index (χ1) is 15.3. The van der Waals surface area contributed by atoms with E-state index in [-0.39, 0.29) is 40.5 Å². The highest BCUT2D eigenvalue weighted by Gasteiger charge is 2.33. The number of esters is 1. The number of hydrogen-bond acceptors (Lipinski definition) is 7. The van der Waals surface area contributed by atoms with Crippen LogP contribution in [0.5, 0.6) is 11.5 Å². The standard InChI is InChI=1S/C22H25FN2O7/c1-3-31-21(27)12-6-8-24(9-7-12)18-15(23)10-14-17(20(18)30-2)25(13-4-5-13)11-16(19(14)26)32-22(28)29/h10-13H,3-9H2,1-2H3,(H,28,29). The van der Waals surface area contributed by atoms with E-state index < -0.39 is 17.4 Å². The highest BCUT2D eigenvalue weighted by atomic mass is 19.1. The number of piperidine rings is 1. The van der Waals surface area contributed by atoms with Crippen molar-refractivity contribution >= 4 is 28.7 Å². The Bertz CT molecular complexity index is 1120. The van der Waals surface area contributed by atoms with Gasteiger partial charge in [0, 0.05) is 19.1 Å². The van der Waals surface area contributed by atoms with E-state index in [1.54, 1.807) is 11.5 Å². The van der Waals surface area contributed by atoms with Gasteiger partial charge in [-0.1, -0.05) is 0 Å². The smallest absolute Gasteiger partial charge is 0.492 e. The number of fused-ring (bicyclic) bond motifs is 1. The van der Waals surface area contributed by atoms with Crippen molar-refractivity contribution in [3.63, 3.8) is 0 Å². The normalized spacial score (nSPS) is 16.8. The van der Waals surface area contributed by atoms with Crippen LogP contribution in [0.1, 0.15) is 38.6 Å². The number of anilines is 1. The molecule has 2 fully saturated rings. The second-order valence-corrected chi connectivity index (χ2v) is 7.98. The Balaban J connectivity index is 1.79. The number of nitrogens with zero attached hydrogens (tertiary/aromatic N) is 2. The molecule has 1 aromatic carbocycles. The molecule has 172 valence electrons. The van der Waals surface area contributed by atoms with E-state index in [1.807, 2.05) is 4.90 Å². The third-order valence-electron chi connectivity index (χ3n) is 5.94. The molecular weight excluding hydrogens is 423 g/mol. The van der Waals surface area contributed by atoms with Crippen molar-refractivity contribution in [2.45, 2.75) is 38.6 Å². The number of carboxylic acid groups (broad SMARTS) is 1. The number of benzene rings is 1. The van der Waals surface area contributed by atoms with Crippen molar-refractivity contribution in [1.82, 2.24) is 4.57 Å². The fourth-order valence-corrected chi connectivity index (χ4v) is 4.31. The summed E-state index contributed by atoms with van der Waals surface area (Å²) in [4.78, 5) is 37.7. The molecule has 2 heterocycles. The average Bonchev–Trinajstić information content (AvgIpc) is 3.60. The summed E-state index contributed by atoms with van der Waals surface area (Å²) in [5.41, 5.74) is -0.0891. The van der Waals surface area contributed by atoms with E-state index in [9.17, 15) is 14.4 Å². The van der Waals surface area contributed by atoms with Crippen molar-refractivity contribution in [3.8, 4) is 11.5 Å². The van der Waals surface area contributed by atoms with E-state index in [4.69, 9.17) is 14.6 Å². The van der Waals surface area contributed by atoms with Gasteiger partial charge >= 0.3 is 12.1 Å². The zero-order valence-corrected chi connectivity index (χ0v) is 17.9. The molecule has 2 aromatic rings. The SMILES string of the molecule is CCOC(=O)C1CCN(c2c(F)cc3c(=O)c(OC(=O)O)cn(C4CC4)c3c2OC)CC1. The Morgan fingerprint density at radius 2 is 1.91 bits per heavy atom. The van der Waals surface area contributed by atoms with Crippen LogP contribution in [0.2, 0.25) is 0 Å². The van der Waals surface area contributed by atoms with Gasteiger partial charge < -0.3 is 28.8 Å². The van der Waals surface area contributed by atoms with Crippen LogP contribution in [-0.4, -0.2) is 48.6 Å². The van der Waals surface area contributed by atoms with Gasteiger partial charge in [-0.05, 0) is 38.7 Å². The van der Waals surface area contributed by atoms with Crippen molar-refractivity contribution in [2.75, 3.05) is 31.7 Å². The van der Waals surface area contributed by atoms with E-state index in [0.717, 1.165) is 18.9 Å². The van der Waals surface area contributed by atoms with Gasteiger partial charge in [0.1, 0.15) is 5.69 Å². The quantitative estimate of drug-likeness (QED) is 0.671. The van der Waals surface area contributed by atoms with Gasteiger partial charge in [-0.2, -0.15) is 0 Å². The first kappa shape index (κ1) is 21.9. The summed E-state index contributed by atoms with van der Waals surface area (Å²) in [6.07, 6.45) is 2.45. The number of rotatable bonds is 6. The summed E-state index contributed by atoms with van der Waals surface area (Å²) in [5.74, 6) is -1.30. The molecule has 1 aliphatic carbocycles. The molecule has 32 heavy (non-hydrogen) atoms. The maximum absolute atomic E-state index is 15.3. The summed E-state index contributed by atoms with van der Waals surface area (Å²) < 4.78 is 32.4. The molecule has 1 aliphatic heterocycles. The van der Waals surface area contributed by atoms with Crippen LogP contribution in [0, 0.1) is 11.7 Å². The molecule has 1 N–H and O–H groups in total. The molecule has 9 nitrogen and oxygen atoms in total. The molecule has 0 unspecified atom stereocenters. The fourth-order valence-electron chi connectivity index (χ4n) is 4.31. The van der Waals surface area contributed by atoms with Crippen molar-refractivity contribution in [2.24, 2.45) is 5.92 Å². The first-order valence-electron chi connectivity index (χ1n) is 10.6. The van der Waals surface area contributed by atoms with Crippen LogP contribution in [-0.2, 0) is 9.53 Å². The summed E-state index contributed by atoms with van der Waals surface area (Å²) in [6, 6.07) is 1.15. The molecule has 1 saturated heterocycles. The van der Waals surface area contributed by atoms with E-state index in [1.165, 1.54) is 13.3 Å². The zero-order valence-electron chi connectivity index (χ0n) is 17.9. The van der Waals surface area contributed by atoms with Crippen LogP contribution in [0.25, 0.3) is 10.9 Å². The zero-order chi connectivity index (χ0) is 23.0. The molecule has 1 aromatic heterocycles. The van der Waals surface area contributed by atoms with E-state index >= 15 is 4.39 Å². The lowest BCUT2D eigenvalue weighted by Crippen LogP contribution is -2.37. The monoisotopic (exact) mass is 448 g/mol. The Morgan fingerprint density at radius 1 is 1.22 bits per heavy atom. The summed E-state index contributed by atoms with van der Waals surface area (Å²) in [7, 11) is 1.41. The number of pyridine rings is 1. The van der Waals surface area contributed by atoms with Crippen molar-refractivity contribution in [1.29, 1.82) is 0 Å². The minimum absolute atomic E-state index is 0.00448. The molecule has 0 atom stereocenters. The average molecular weight is 448 g/mol. The van der Waals surface area contributed by atoms with Crippen LogP contribution >= 0.6 is 0 Å². The molecule has 1 saturated carbocycles. The van der Waals surface area contributed by atoms with Gasteiger partial charge in [-0.25, -0.2) is 9.18 Å². The number of carbonyl (C=O) groups is 2. The van der Waals surface area contributed by atoms with Gasteiger partial charge in [0.25, 0.3) is 0 Å². The predicted molar refractivity (Wildman–Crippen MR) is 113 cm³/mol. The number of halogens is 1. The van der Waals surface area contributed by atoms with Crippen LogP contribution in [0.15, 0.2) is 17.1 Å². The fraction of sp³-hybridized carbons (Fsp3) is 0.500. The Hall–Kier alpha value is -3.30. The molecule has 0 amide bonds. The highest BCUT2D eigenvalue weighted by molar-refractivity contribution is 5.92. The Kier molecular flexibility index (Phi) is 5.94. The minimum atomic E-state index is -1.61.